The molecule has 0 spiro atoms. The number of benzene rings is 2. The fraction of sp³-hybridized carbons (Fsp3) is 0.618. The highest BCUT2D eigenvalue weighted by molar-refractivity contribution is 5.81. The van der Waals surface area contributed by atoms with Crippen LogP contribution in [0.4, 0.5) is 0 Å². The lowest BCUT2D eigenvalue weighted by molar-refractivity contribution is -0.140. The van der Waals surface area contributed by atoms with Crippen molar-refractivity contribution < 1.29 is 14.3 Å². The average Bonchev–Trinajstić information content (AvgIpc) is 2.88. The molecule has 0 aliphatic heterocycles. The van der Waals surface area contributed by atoms with Gasteiger partial charge in [0.05, 0.1) is 13.2 Å². The largest absolute Gasteiger partial charge is 0.494 e. The van der Waals surface area contributed by atoms with E-state index in [9.17, 15) is 4.79 Å². The van der Waals surface area contributed by atoms with E-state index in [1.54, 1.807) is 0 Å². The molecule has 38 heavy (non-hydrogen) atoms. The summed E-state index contributed by atoms with van der Waals surface area (Å²) in [6, 6.07) is 14.8. The molecule has 4 heteroatoms. The molecule has 2 aromatic rings. The molecular weight excluding hydrogens is 470 g/mol. The van der Waals surface area contributed by atoms with Crippen LogP contribution in [0.15, 0.2) is 42.5 Å². The van der Waals surface area contributed by atoms with E-state index in [0.717, 1.165) is 42.7 Å². The fourth-order valence-electron chi connectivity index (χ4n) is 4.39. The minimum absolute atomic E-state index is 0.0445. The van der Waals surface area contributed by atoms with Crippen molar-refractivity contribution in [3.8, 4) is 11.5 Å². The molecule has 0 aliphatic rings. The Morgan fingerprint density at radius 3 is 1.97 bits per heavy atom. The van der Waals surface area contributed by atoms with Crippen LogP contribution in [0.1, 0.15) is 112 Å². The van der Waals surface area contributed by atoms with Crippen molar-refractivity contribution in [1.29, 1.82) is 0 Å². The van der Waals surface area contributed by atoms with E-state index in [4.69, 9.17) is 9.47 Å². The van der Waals surface area contributed by atoms with Gasteiger partial charge in [0.15, 0.2) is 0 Å². The van der Waals surface area contributed by atoms with E-state index in [-0.39, 0.29) is 16.7 Å². The van der Waals surface area contributed by atoms with Crippen LogP contribution in [-0.2, 0) is 22.2 Å². The third-order valence-electron chi connectivity index (χ3n) is 7.87. The van der Waals surface area contributed by atoms with Gasteiger partial charge in [0.2, 0.25) is 5.91 Å². The van der Waals surface area contributed by atoms with Gasteiger partial charge in [-0.2, -0.15) is 0 Å². The smallest absolute Gasteiger partial charge is 0.228 e. The molecule has 212 valence electrons. The summed E-state index contributed by atoms with van der Waals surface area (Å²) in [5.41, 5.74) is 3.54. The Kier molecular flexibility index (Phi) is 11.3. The second-order valence-electron chi connectivity index (χ2n) is 12.8. The summed E-state index contributed by atoms with van der Waals surface area (Å²) < 4.78 is 11.9. The molecular formula is C34H53NO3. The summed E-state index contributed by atoms with van der Waals surface area (Å²) in [7, 11) is 0. The molecule has 0 N–H and O–H groups in total. The number of unbranched alkanes of at least 4 members (excludes halogenated alkanes) is 1. The molecule has 2 rings (SSSR count). The van der Waals surface area contributed by atoms with Gasteiger partial charge < -0.3 is 14.4 Å². The first-order valence-corrected chi connectivity index (χ1v) is 14.5. The topological polar surface area (TPSA) is 38.8 Å². The van der Waals surface area contributed by atoms with E-state index >= 15 is 0 Å². The van der Waals surface area contributed by atoms with Crippen LogP contribution in [0.3, 0.4) is 0 Å². The Hall–Kier alpha value is -2.49. The summed E-state index contributed by atoms with van der Waals surface area (Å²) >= 11 is 0. The number of rotatable bonds is 14. The second-order valence-corrected chi connectivity index (χ2v) is 12.8. The molecule has 0 radical (unpaired) electrons. The van der Waals surface area contributed by atoms with Gasteiger partial charge >= 0.3 is 0 Å². The summed E-state index contributed by atoms with van der Waals surface area (Å²) in [6.07, 6.45) is 3.94. The number of carbonyl (C=O) groups is 1. The summed E-state index contributed by atoms with van der Waals surface area (Å²) in [5.74, 6) is 2.02. The molecule has 4 nitrogen and oxygen atoms in total. The number of ether oxygens (including phenoxy) is 2. The Balaban J connectivity index is 2.06. The molecule has 0 bridgehead atoms. The highest BCUT2D eigenvalue weighted by Crippen LogP contribution is 2.38. The highest BCUT2D eigenvalue weighted by atomic mass is 16.5. The van der Waals surface area contributed by atoms with Gasteiger partial charge in [-0.05, 0) is 72.8 Å². The number of amides is 1. The van der Waals surface area contributed by atoms with Crippen molar-refractivity contribution in [3.05, 3.63) is 59.2 Å². The zero-order chi connectivity index (χ0) is 28.6. The second kappa shape index (κ2) is 13.5. The Morgan fingerprint density at radius 2 is 1.42 bits per heavy atom. The Bertz CT molecular complexity index is 1020. The van der Waals surface area contributed by atoms with Gasteiger partial charge in [0.1, 0.15) is 11.5 Å². The molecule has 2 aromatic carbocycles. The number of hydrogen-bond acceptors (Lipinski definition) is 3. The van der Waals surface area contributed by atoms with Gasteiger partial charge in [0, 0.05) is 24.1 Å². The lowest BCUT2D eigenvalue weighted by Gasteiger charge is -2.31. The molecule has 0 aromatic heterocycles. The number of hydrogen-bond donors (Lipinski definition) is 0. The van der Waals surface area contributed by atoms with Crippen molar-refractivity contribution in [2.24, 2.45) is 5.41 Å². The van der Waals surface area contributed by atoms with Crippen molar-refractivity contribution in [2.45, 2.75) is 112 Å². The number of carbonyl (C=O) groups excluding carboxylic acids is 1. The maximum absolute atomic E-state index is 13.2. The minimum Gasteiger partial charge on any atom is -0.494 e. The molecule has 0 saturated carbocycles. The predicted octanol–water partition coefficient (Wildman–Crippen LogP) is 8.69. The predicted molar refractivity (Wildman–Crippen MR) is 160 cm³/mol. The van der Waals surface area contributed by atoms with Crippen LogP contribution < -0.4 is 9.47 Å². The van der Waals surface area contributed by atoms with E-state index in [2.05, 4.69) is 71.9 Å². The zero-order valence-corrected chi connectivity index (χ0v) is 25.9. The first kappa shape index (κ1) is 31.7. The lowest BCUT2D eigenvalue weighted by Crippen LogP contribution is -2.39. The van der Waals surface area contributed by atoms with Crippen LogP contribution in [0.2, 0.25) is 0 Å². The van der Waals surface area contributed by atoms with Gasteiger partial charge in [-0.25, -0.2) is 0 Å². The van der Waals surface area contributed by atoms with E-state index in [1.807, 2.05) is 44.7 Å². The molecule has 1 amide bonds. The molecule has 0 aliphatic carbocycles. The Morgan fingerprint density at radius 1 is 0.789 bits per heavy atom. The van der Waals surface area contributed by atoms with Crippen molar-refractivity contribution in [3.63, 3.8) is 0 Å². The van der Waals surface area contributed by atoms with E-state index < -0.39 is 5.41 Å². The standard InChI is InChI=1S/C34H53NO3/c1-11-33(7,8)27-18-21-30(29(24-27)34(9,10)12-2)38-23-15-14-22-35(31(36)32(4,5)6)25-26-16-19-28(20-17-26)37-13-3/h16-21,24H,11-15,22-23,25H2,1-10H3. The SMILES string of the molecule is CCOc1ccc(CN(CCCCOc2ccc(C(C)(C)CC)cc2C(C)(C)CC)C(=O)C(C)(C)C)cc1. The molecule has 0 fully saturated rings. The van der Waals surface area contributed by atoms with E-state index in [0.29, 0.717) is 26.3 Å². The normalized spacial score (nSPS) is 12.4. The highest BCUT2D eigenvalue weighted by Gasteiger charge is 2.28. The van der Waals surface area contributed by atoms with Gasteiger partial charge in [0.25, 0.3) is 0 Å². The fourth-order valence-corrected chi connectivity index (χ4v) is 4.39. The van der Waals surface area contributed by atoms with Crippen LogP contribution in [0.25, 0.3) is 0 Å². The van der Waals surface area contributed by atoms with Crippen LogP contribution in [0, 0.1) is 5.41 Å². The summed E-state index contributed by atoms with van der Waals surface area (Å²) in [4.78, 5) is 15.2. The Labute approximate surface area is 233 Å². The van der Waals surface area contributed by atoms with Crippen LogP contribution >= 0.6 is 0 Å². The van der Waals surface area contributed by atoms with Crippen LogP contribution in [0.5, 0.6) is 11.5 Å². The minimum atomic E-state index is -0.420. The first-order valence-electron chi connectivity index (χ1n) is 14.5. The molecule has 0 unspecified atom stereocenters. The molecule has 0 saturated heterocycles. The average molecular weight is 524 g/mol. The lowest BCUT2D eigenvalue weighted by atomic mass is 9.76. The maximum atomic E-state index is 13.2. The molecule has 0 heterocycles. The maximum Gasteiger partial charge on any atom is 0.228 e. The zero-order valence-electron chi connectivity index (χ0n) is 25.9. The van der Waals surface area contributed by atoms with Gasteiger partial charge in [-0.3, -0.25) is 4.79 Å². The third-order valence-corrected chi connectivity index (χ3v) is 7.87. The van der Waals surface area contributed by atoms with Gasteiger partial charge in [-0.15, -0.1) is 0 Å². The quantitative estimate of drug-likeness (QED) is 0.232. The third kappa shape index (κ3) is 8.78. The molecule has 0 atom stereocenters. The monoisotopic (exact) mass is 523 g/mol. The number of nitrogens with zero attached hydrogens (tertiary/aromatic N) is 1. The van der Waals surface area contributed by atoms with E-state index in [1.165, 1.54) is 11.1 Å². The summed E-state index contributed by atoms with van der Waals surface area (Å²) in [5, 5.41) is 0. The van der Waals surface area contributed by atoms with Crippen molar-refractivity contribution >= 4 is 5.91 Å². The first-order chi connectivity index (χ1) is 17.7. The van der Waals surface area contributed by atoms with Crippen LogP contribution in [-0.4, -0.2) is 30.6 Å². The van der Waals surface area contributed by atoms with Gasteiger partial charge in [-0.1, -0.05) is 86.6 Å². The summed E-state index contributed by atoms with van der Waals surface area (Å²) in [6.45, 7) is 24.3. The van der Waals surface area contributed by atoms with Crippen molar-refractivity contribution in [1.82, 2.24) is 4.90 Å². The van der Waals surface area contributed by atoms with Crippen molar-refractivity contribution in [2.75, 3.05) is 19.8 Å².